The van der Waals surface area contributed by atoms with Crippen LogP contribution >= 0.6 is 0 Å². The fraction of sp³-hybridized carbons (Fsp3) is 0.278. The summed E-state index contributed by atoms with van der Waals surface area (Å²) in [7, 11) is -3.55. The summed E-state index contributed by atoms with van der Waals surface area (Å²) in [6.07, 6.45) is 0. The van der Waals surface area contributed by atoms with Gasteiger partial charge in [0.25, 0.3) is 0 Å². The Balaban J connectivity index is 1.93. The molecule has 0 aliphatic rings. The summed E-state index contributed by atoms with van der Waals surface area (Å²) in [4.78, 5) is 11.9. The van der Waals surface area contributed by atoms with E-state index in [0.29, 0.717) is 11.1 Å². The highest BCUT2D eigenvalue weighted by atomic mass is 32.2. The Morgan fingerprint density at radius 2 is 1.58 bits per heavy atom. The number of hydrogen-bond acceptors (Lipinski definition) is 3. The maximum absolute atomic E-state index is 12.8. The van der Waals surface area contributed by atoms with Crippen LogP contribution < -0.4 is 5.32 Å². The van der Waals surface area contributed by atoms with E-state index in [-0.39, 0.29) is 18.1 Å². The van der Waals surface area contributed by atoms with Crippen LogP contribution in [0.2, 0.25) is 0 Å². The number of amides is 1. The predicted molar refractivity (Wildman–Crippen MR) is 91.7 cm³/mol. The van der Waals surface area contributed by atoms with E-state index in [0.717, 1.165) is 11.1 Å². The fourth-order valence-electron chi connectivity index (χ4n) is 2.51. The minimum atomic E-state index is -3.55. The number of halogens is 1. The molecule has 1 N–H and O–H groups in total. The van der Waals surface area contributed by atoms with Crippen LogP contribution in [0.1, 0.15) is 22.3 Å². The molecule has 6 heteroatoms. The third-order valence-electron chi connectivity index (χ3n) is 3.42. The number of hydrogen-bond donors (Lipinski definition) is 1. The maximum atomic E-state index is 12.8. The molecule has 0 fully saturated rings. The van der Waals surface area contributed by atoms with Crippen molar-refractivity contribution in [1.82, 2.24) is 5.32 Å². The standard InChI is InChI=1S/C18H20FNO3S/c1-13-7-14(2)9-16(8-13)11-24(22,23)12-18(21)20-10-15-3-5-17(19)6-4-15/h3-9H,10-12H2,1-2H3,(H,20,21). The highest BCUT2D eigenvalue weighted by Gasteiger charge is 2.17. The molecule has 4 nitrogen and oxygen atoms in total. The van der Waals surface area contributed by atoms with E-state index >= 15 is 0 Å². The Bertz CT molecular complexity index is 810. The zero-order valence-electron chi connectivity index (χ0n) is 13.7. The van der Waals surface area contributed by atoms with Crippen molar-refractivity contribution >= 4 is 15.7 Å². The van der Waals surface area contributed by atoms with E-state index in [1.165, 1.54) is 12.1 Å². The van der Waals surface area contributed by atoms with Gasteiger partial charge in [0.05, 0.1) is 5.75 Å². The van der Waals surface area contributed by atoms with Gasteiger partial charge in [0, 0.05) is 6.54 Å². The van der Waals surface area contributed by atoms with Gasteiger partial charge >= 0.3 is 0 Å². The zero-order chi connectivity index (χ0) is 17.7. The normalized spacial score (nSPS) is 11.3. The van der Waals surface area contributed by atoms with Crippen LogP contribution in [0.15, 0.2) is 42.5 Å². The summed E-state index contributed by atoms with van der Waals surface area (Å²) in [5, 5.41) is 2.54. The van der Waals surface area contributed by atoms with Crippen LogP contribution in [-0.4, -0.2) is 20.1 Å². The first-order valence-corrected chi connectivity index (χ1v) is 9.34. The van der Waals surface area contributed by atoms with Crippen molar-refractivity contribution in [2.75, 3.05) is 5.75 Å². The first-order valence-electron chi connectivity index (χ1n) is 7.52. The van der Waals surface area contributed by atoms with E-state index in [1.54, 1.807) is 24.3 Å². The molecule has 0 unspecified atom stereocenters. The van der Waals surface area contributed by atoms with Crippen molar-refractivity contribution in [3.8, 4) is 0 Å². The molecule has 0 heterocycles. The van der Waals surface area contributed by atoms with Crippen LogP contribution in [-0.2, 0) is 26.9 Å². The minimum Gasteiger partial charge on any atom is -0.351 e. The molecular weight excluding hydrogens is 329 g/mol. The van der Waals surface area contributed by atoms with Gasteiger partial charge in [0.2, 0.25) is 5.91 Å². The van der Waals surface area contributed by atoms with E-state index in [1.807, 2.05) is 19.9 Å². The molecule has 1 amide bonds. The number of carbonyl (C=O) groups is 1. The van der Waals surface area contributed by atoms with Crippen LogP contribution in [0, 0.1) is 19.7 Å². The van der Waals surface area contributed by atoms with Gasteiger partial charge in [-0.15, -0.1) is 0 Å². The van der Waals surface area contributed by atoms with Crippen molar-refractivity contribution in [2.45, 2.75) is 26.1 Å². The van der Waals surface area contributed by atoms with Gasteiger partial charge in [0.1, 0.15) is 11.6 Å². The summed E-state index contributed by atoms with van der Waals surface area (Å²) >= 11 is 0. The highest BCUT2D eigenvalue weighted by molar-refractivity contribution is 7.91. The average Bonchev–Trinajstić information content (AvgIpc) is 2.44. The van der Waals surface area contributed by atoms with Gasteiger partial charge in [-0.1, -0.05) is 41.5 Å². The number of carbonyl (C=O) groups excluding carboxylic acids is 1. The molecule has 0 saturated heterocycles. The molecule has 0 radical (unpaired) electrons. The Morgan fingerprint density at radius 1 is 1.00 bits per heavy atom. The number of sulfone groups is 1. The lowest BCUT2D eigenvalue weighted by Crippen LogP contribution is -2.30. The number of rotatable bonds is 6. The summed E-state index contributed by atoms with van der Waals surface area (Å²) in [6.45, 7) is 3.97. The molecule has 2 aromatic carbocycles. The van der Waals surface area contributed by atoms with Gasteiger partial charge in [-0.05, 0) is 37.1 Å². The van der Waals surface area contributed by atoms with Crippen molar-refractivity contribution in [1.29, 1.82) is 0 Å². The quantitative estimate of drug-likeness (QED) is 0.872. The minimum absolute atomic E-state index is 0.165. The largest absolute Gasteiger partial charge is 0.351 e. The molecule has 0 aliphatic carbocycles. The molecule has 0 saturated carbocycles. The summed E-state index contributed by atoms with van der Waals surface area (Å²) in [5.74, 6) is -1.66. The Kier molecular flexibility index (Phi) is 5.72. The smallest absolute Gasteiger partial charge is 0.235 e. The van der Waals surface area contributed by atoms with Gasteiger partial charge in [-0.3, -0.25) is 4.79 Å². The third-order valence-corrected chi connectivity index (χ3v) is 4.90. The van der Waals surface area contributed by atoms with Crippen LogP contribution in [0.4, 0.5) is 4.39 Å². The van der Waals surface area contributed by atoms with Crippen molar-refractivity contribution in [2.24, 2.45) is 0 Å². The highest BCUT2D eigenvalue weighted by Crippen LogP contribution is 2.12. The lowest BCUT2D eigenvalue weighted by molar-refractivity contribution is -0.118. The lowest BCUT2D eigenvalue weighted by atomic mass is 10.1. The lowest BCUT2D eigenvalue weighted by Gasteiger charge is -2.08. The monoisotopic (exact) mass is 349 g/mol. The van der Waals surface area contributed by atoms with Crippen LogP contribution in [0.3, 0.4) is 0 Å². The van der Waals surface area contributed by atoms with E-state index in [4.69, 9.17) is 0 Å². The Morgan fingerprint density at radius 3 is 2.17 bits per heavy atom. The van der Waals surface area contributed by atoms with E-state index in [9.17, 15) is 17.6 Å². The average molecular weight is 349 g/mol. The Hall–Kier alpha value is -2.21. The van der Waals surface area contributed by atoms with Crippen molar-refractivity contribution in [3.05, 3.63) is 70.5 Å². The van der Waals surface area contributed by atoms with E-state index in [2.05, 4.69) is 5.32 Å². The molecule has 0 atom stereocenters. The predicted octanol–water partition coefficient (Wildman–Crippen LogP) is 2.67. The Labute approximate surface area is 141 Å². The molecule has 0 spiro atoms. The maximum Gasteiger partial charge on any atom is 0.235 e. The van der Waals surface area contributed by atoms with Crippen molar-refractivity contribution < 1.29 is 17.6 Å². The molecule has 128 valence electrons. The van der Waals surface area contributed by atoms with E-state index < -0.39 is 21.5 Å². The molecule has 0 aliphatic heterocycles. The first kappa shape index (κ1) is 18.1. The number of nitrogens with one attached hydrogen (secondary N) is 1. The molecule has 24 heavy (non-hydrogen) atoms. The summed E-state index contributed by atoms with van der Waals surface area (Å²) in [6, 6.07) is 11.2. The molecule has 0 bridgehead atoms. The second kappa shape index (κ2) is 7.57. The van der Waals surface area contributed by atoms with Gasteiger partial charge in [0.15, 0.2) is 9.84 Å². The molecule has 2 aromatic rings. The fourth-order valence-corrected chi connectivity index (χ4v) is 3.79. The topological polar surface area (TPSA) is 63.2 Å². The third kappa shape index (κ3) is 5.77. The SMILES string of the molecule is Cc1cc(C)cc(CS(=O)(=O)CC(=O)NCc2ccc(F)cc2)c1. The molecular formula is C18H20FNO3S. The molecule has 0 aromatic heterocycles. The summed E-state index contributed by atoms with van der Waals surface area (Å²) < 4.78 is 37.2. The number of aryl methyl sites for hydroxylation is 2. The second-order valence-electron chi connectivity index (χ2n) is 5.93. The van der Waals surface area contributed by atoms with Crippen LogP contribution in [0.5, 0.6) is 0 Å². The first-order chi connectivity index (χ1) is 11.2. The second-order valence-corrected chi connectivity index (χ2v) is 8.00. The number of benzene rings is 2. The summed E-state index contributed by atoms with van der Waals surface area (Å²) in [5.41, 5.74) is 3.36. The van der Waals surface area contributed by atoms with Crippen molar-refractivity contribution in [3.63, 3.8) is 0 Å². The zero-order valence-corrected chi connectivity index (χ0v) is 14.5. The van der Waals surface area contributed by atoms with Crippen LogP contribution in [0.25, 0.3) is 0 Å². The van der Waals surface area contributed by atoms with Gasteiger partial charge in [-0.2, -0.15) is 0 Å². The van der Waals surface area contributed by atoms with Gasteiger partial charge in [-0.25, -0.2) is 12.8 Å². The van der Waals surface area contributed by atoms with Gasteiger partial charge < -0.3 is 5.32 Å². The molecule has 2 rings (SSSR count).